The first kappa shape index (κ1) is 22.1. The lowest BCUT2D eigenvalue weighted by Crippen LogP contribution is -2.44. The number of nitrogens with one attached hydrogen (secondary N) is 2. The lowest BCUT2D eigenvalue weighted by atomic mass is 10.0. The molecule has 1 atom stereocenters. The normalized spacial score (nSPS) is 12.1. The van der Waals surface area contributed by atoms with Gasteiger partial charge in [0.25, 0.3) is 5.91 Å². The number of H-pyrrole nitrogens is 1. The average Bonchev–Trinajstić information content (AvgIpc) is 3.20. The highest BCUT2D eigenvalue weighted by atomic mass is 16.5. The van der Waals surface area contributed by atoms with E-state index in [9.17, 15) is 19.5 Å². The van der Waals surface area contributed by atoms with Gasteiger partial charge < -0.3 is 24.6 Å². The Kier molecular flexibility index (Phi) is 5.91. The standard InChI is InChI=1S/C25H24N2O6/c1-13-14(2)25(31)33-23-15(3)21(9-8-17(13)23)32-12-22(28)27-20(24(29)30)10-16-11-26-19-7-5-4-6-18(16)19/h4-9,11,20,26H,10,12H2,1-3H3,(H,27,28)(H,29,30)/t20-/m0/s1. The number of carboxylic acids is 1. The van der Waals surface area contributed by atoms with E-state index in [2.05, 4.69) is 10.3 Å². The Morgan fingerprint density at radius 3 is 2.58 bits per heavy atom. The predicted octanol–water partition coefficient (Wildman–Crippen LogP) is 3.39. The summed E-state index contributed by atoms with van der Waals surface area (Å²) in [5, 5.41) is 13.8. The lowest BCUT2D eigenvalue weighted by Gasteiger charge is -2.16. The van der Waals surface area contributed by atoms with Crippen LogP contribution in [0.25, 0.3) is 21.9 Å². The summed E-state index contributed by atoms with van der Waals surface area (Å²) >= 11 is 0. The molecule has 8 nitrogen and oxygen atoms in total. The average molecular weight is 448 g/mol. The number of rotatable bonds is 7. The smallest absolute Gasteiger partial charge is 0.339 e. The maximum Gasteiger partial charge on any atom is 0.339 e. The van der Waals surface area contributed by atoms with Crippen LogP contribution in [0.2, 0.25) is 0 Å². The van der Waals surface area contributed by atoms with Crippen LogP contribution < -0.4 is 15.7 Å². The molecule has 2 aromatic carbocycles. The summed E-state index contributed by atoms with van der Waals surface area (Å²) in [6.07, 6.45) is 1.88. The molecule has 0 unspecified atom stereocenters. The molecule has 4 aromatic rings. The molecule has 1 amide bonds. The number of benzene rings is 2. The SMILES string of the molecule is Cc1c(C)c2ccc(OCC(=O)N[C@@H](Cc3c[nH]c4ccccc34)C(=O)O)c(C)c2oc1=O. The number of carbonyl (C=O) groups excluding carboxylic acids is 1. The quantitative estimate of drug-likeness (QED) is 0.373. The Morgan fingerprint density at radius 2 is 1.82 bits per heavy atom. The van der Waals surface area contributed by atoms with Crippen LogP contribution in [0.1, 0.15) is 22.3 Å². The van der Waals surface area contributed by atoms with Gasteiger partial charge in [0, 0.05) is 40.0 Å². The Labute approximate surface area is 189 Å². The number of para-hydroxylation sites is 1. The van der Waals surface area contributed by atoms with E-state index >= 15 is 0 Å². The number of fused-ring (bicyclic) bond motifs is 2. The third kappa shape index (κ3) is 4.32. The number of hydrogen-bond donors (Lipinski definition) is 3. The van der Waals surface area contributed by atoms with Crippen molar-refractivity contribution in [3.8, 4) is 5.75 Å². The van der Waals surface area contributed by atoms with Crippen molar-refractivity contribution in [2.24, 2.45) is 0 Å². The van der Waals surface area contributed by atoms with Gasteiger partial charge in [-0.15, -0.1) is 0 Å². The minimum Gasteiger partial charge on any atom is -0.483 e. The van der Waals surface area contributed by atoms with E-state index in [0.29, 0.717) is 22.5 Å². The van der Waals surface area contributed by atoms with Crippen LogP contribution in [0.5, 0.6) is 5.75 Å². The summed E-state index contributed by atoms with van der Waals surface area (Å²) in [6, 6.07) is 9.93. The van der Waals surface area contributed by atoms with E-state index in [0.717, 1.165) is 27.4 Å². The van der Waals surface area contributed by atoms with Gasteiger partial charge in [-0.05, 0) is 50.1 Å². The molecule has 0 fully saturated rings. The molecule has 2 heterocycles. The van der Waals surface area contributed by atoms with Crippen molar-refractivity contribution in [2.45, 2.75) is 33.2 Å². The second-order valence-electron chi connectivity index (χ2n) is 8.02. The first-order chi connectivity index (χ1) is 15.8. The molecule has 2 aromatic heterocycles. The van der Waals surface area contributed by atoms with E-state index < -0.39 is 23.5 Å². The monoisotopic (exact) mass is 448 g/mol. The number of hydrogen-bond acceptors (Lipinski definition) is 5. The fourth-order valence-electron chi connectivity index (χ4n) is 3.88. The minimum absolute atomic E-state index is 0.129. The molecule has 170 valence electrons. The van der Waals surface area contributed by atoms with Gasteiger partial charge in [-0.3, -0.25) is 4.79 Å². The highest BCUT2D eigenvalue weighted by Crippen LogP contribution is 2.29. The molecule has 3 N–H and O–H groups in total. The molecule has 0 spiro atoms. The fraction of sp³-hybridized carbons (Fsp3) is 0.240. The number of amides is 1. The predicted molar refractivity (Wildman–Crippen MR) is 124 cm³/mol. The van der Waals surface area contributed by atoms with Crippen molar-refractivity contribution >= 4 is 33.7 Å². The minimum atomic E-state index is -1.14. The summed E-state index contributed by atoms with van der Waals surface area (Å²) in [5.74, 6) is -1.32. The molecular weight excluding hydrogens is 424 g/mol. The van der Waals surface area contributed by atoms with Crippen LogP contribution in [-0.2, 0) is 16.0 Å². The molecule has 0 bridgehead atoms. The van der Waals surface area contributed by atoms with Crippen molar-refractivity contribution in [2.75, 3.05) is 6.61 Å². The van der Waals surface area contributed by atoms with Crippen LogP contribution in [0.4, 0.5) is 0 Å². The Bertz CT molecular complexity index is 1430. The molecule has 4 rings (SSSR count). The van der Waals surface area contributed by atoms with E-state index in [4.69, 9.17) is 9.15 Å². The number of ether oxygens (including phenoxy) is 1. The molecule has 33 heavy (non-hydrogen) atoms. The van der Waals surface area contributed by atoms with Gasteiger partial charge in [0.1, 0.15) is 17.4 Å². The van der Waals surface area contributed by atoms with Crippen molar-refractivity contribution in [1.29, 1.82) is 0 Å². The summed E-state index contributed by atoms with van der Waals surface area (Å²) in [5.41, 5.74) is 3.65. The molecule has 0 aliphatic rings. The van der Waals surface area contributed by atoms with Gasteiger partial charge >= 0.3 is 11.6 Å². The zero-order chi connectivity index (χ0) is 23.7. The number of aliphatic carboxylic acids is 1. The molecule has 0 radical (unpaired) electrons. The van der Waals surface area contributed by atoms with Crippen LogP contribution in [0.3, 0.4) is 0 Å². The van der Waals surface area contributed by atoms with Crippen LogP contribution in [0, 0.1) is 20.8 Å². The zero-order valence-corrected chi connectivity index (χ0v) is 18.5. The highest BCUT2D eigenvalue weighted by Gasteiger charge is 2.22. The molecule has 0 aliphatic heterocycles. The highest BCUT2D eigenvalue weighted by molar-refractivity contribution is 5.88. The van der Waals surface area contributed by atoms with Crippen molar-refractivity contribution in [3.05, 3.63) is 75.3 Å². The lowest BCUT2D eigenvalue weighted by molar-refractivity contribution is -0.142. The summed E-state index contributed by atoms with van der Waals surface area (Å²) in [7, 11) is 0. The third-order valence-corrected chi connectivity index (χ3v) is 5.91. The van der Waals surface area contributed by atoms with Gasteiger partial charge in [-0.1, -0.05) is 18.2 Å². The van der Waals surface area contributed by atoms with Crippen molar-refractivity contribution in [1.82, 2.24) is 10.3 Å². The van der Waals surface area contributed by atoms with Gasteiger partial charge in [-0.25, -0.2) is 9.59 Å². The Hall–Kier alpha value is -4.07. The van der Waals surface area contributed by atoms with E-state index in [1.165, 1.54) is 0 Å². The number of carbonyl (C=O) groups is 2. The summed E-state index contributed by atoms with van der Waals surface area (Å²) in [6.45, 7) is 4.92. The second-order valence-corrected chi connectivity index (χ2v) is 8.02. The van der Waals surface area contributed by atoms with Crippen molar-refractivity contribution in [3.63, 3.8) is 0 Å². The first-order valence-corrected chi connectivity index (χ1v) is 10.5. The molecule has 0 saturated carbocycles. The number of carboxylic acid groups (broad SMARTS) is 1. The number of aromatic nitrogens is 1. The van der Waals surface area contributed by atoms with E-state index in [1.54, 1.807) is 32.2 Å². The zero-order valence-electron chi connectivity index (χ0n) is 18.5. The third-order valence-electron chi connectivity index (χ3n) is 5.91. The molecule has 0 saturated heterocycles. The molecule has 8 heteroatoms. The summed E-state index contributed by atoms with van der Waals surface area (Å²) in [4.78, 5) is 39.4. The Morgan fingerprint density at radius 1 is 1.06 bits per heavy atom. The molecule has 0 aliphatic carbocycles. The Balaban J connectivity index is 1.47. The van der Waals surface area contributed by atoms with Crippen molar-refractivity contribution < 1.29 is 23.8 Å². The van der Waals surface area contributed by atoms with Gasteiger partial charge in [-0.2, -0.15) is 0 Å². The maximum atomic E-state index is 12.5. The van der Waals surface area contributed by atoms with E-state index in [-0.39, 0.29) is 13.0 Å². The topological polar surface area (TPSA) is 122 Å². The largest absolute Gasteiger partial charge is 0.483 e. The fourth-order valence-corrected chi connectivity index (χ4v) is 3.88. The van der Waals surface area contributed by atoms with Crippen LogP contribution >= 0.6 is 0 Å². The number of aryl methyl sites for hydroxylation is 2. The maximum absolute atomic E-state index is 12.5. The second kappa shape index (κ2) is 8.82. The first-order valence-electron chi connectivity index (χ1n) is 10.5. The van der Waals surface area contributed by atoms with Gasteiger partial charge in [0.2, 0.25) is 0 Å². The van der Waals surface area contributed by atoms with Crippen LogP contribution in [0.15, 0.2) is 51.8 Å². The van der Waals surface area contributed by atoms with Gasteiger partial charge in [0.15, 0.2) is 6.61 Å². The summed E-state index contributed by atoms with van der Waals surface area (Å²) < 4.78 is 11.1. The van der Waals surface area contributed by atoms with E-state index in [1.807, 2.05) is 31.2 Å². The molecular formula is C25H24N2O6. The number of aromatic amines is 1. The van der Waals surface area contributed by atoms with Crippen LogP contribution in [-0.4, -0.2) is 34.6 Å². The van der Waals surface area contributed by atoms with Gasteiger partial charge in [0.05, 0.1) is 0 Å².